The molecule has 1 aromatic carbocycles. The van der Waals surface area contributed by atoms with Gasteiger partial charge in [0.2, 0.25) is 0 Å². The maximum atomic E-state index is 12.5. The Morgan fingerprint density at radius 3 is 2.69 bits per heavy atom. The van der Waals surface area contributed by atoms with Crippen LogP contribution in [0.4, 0.5) is 16.3 Å². The van der Waals surface area contributed by atoms with E-state index in [0.29, 0.717) is 6.54 Å². The second-order valence-electron chi connectivity index (χ2n) is 8.43. The molecule has 2 N–H and O–H groups in total. The monoisotopic (exact) mass is 428 g/mol. The number of piperidine rings is 1. The fourth-order valence-electron chi connectivity index (χ4n) is 4.68. The van der Waals surface area contributed by atoms with Gasteiger partial charge in [-0.2, -0.15) is 0 Å². The van der Waals surface area contributed by atoms with Crippen LogP contribution in [-0.4, -0.2) is 40.1 Å². The van der Waals surface area contributed by atoms with Gasteiger partial charge in [0.1, 0.15) is 5.82 Å². The number of amides is 2. The third-order valence-corrected chi connectivity index (χ3v) is 6.28. The third-order valence-electron chi connectivity index (χ3n) is 6.28. The molecule has 32 heavy (non-hydrogen) atoms. The van der Waals surface area contributed by atoms with Gasteiger partial charge in [0.25, 0.3) is 0 Å². The molecule has 1 unspecified atom stereocenters. The van der Waals surface area contributed by atoms with E-state index in [1.807, 2.05) is 42.5 Å². The predicted molar refractivity (Wildman–Crippen MR) is 126 cm³/mol. The highest BCUT2D eigenvalue weighted by molar-refractivity contribution is 5.89. The Morgan fingerprint density at radius 1 is 1.00 bits per heavy atom. The van der Waals surface area contributed by atoms with Crippen LogP contribution in [0.1, 0.15) is 36.9 Å². The largest absolute Gasteiger partial charge is 0.352 e. The maximum Gasteiger partial charge on any atom is 0.319 e. The summed E-state index contributed by atoms with van der Waals surface area (Å²) in [7, 11) is 0. The maximum absolute atomic E-state index is 12.5. The normalized spacial score (nSPS) is 17.6. The number of hydrogen-bond donors (Lipinski definition) is 2. The number of urea groups is 1. The van der Waals surface area contributed by atoms with Crippen molar-refractivity contribution in [1.82, 2.24) is 20.3 Å². The number of benzene rings is 1. The van der Waals surface area contributed by atoms with Crippen molar-refractivity contribution in [3.63, 3.8) is 0 Å². The van der Waals surface area contributed by atoms with Gasteiger partial charge < -0.3 is 15.5 Å². The van der Waals surface area contributed by atoms with Gasteiger partial charge in [-0.3, -0.25) is 4.98 Å². The molecule has 7 heteroatoms. The summed E-state index contributed by atoms with van der Waals surface area (Å²) in [6, 6.07) is 13.5. The van der Waals surface area contributed by atoms with Crippen LogP contribution in [0, 0.1) is 0 Å². The molecule has 3 heterocycles. The van der Waals surface area contributed by atoms with Crippen LogP contribution < -0.4 is 15.5 Å². The van der Waals surface area contributed by atoms with Crippen molar-refractivity contribution in [3.05, 3.63) is 66.1 Å². The van der Waals surface area contributed by atoms with Crippen molar-refractivity contribution in [3.8, 4) is 11.4 Å². The van der Waals surface area contributed by atoms with E-state index in [1.54, 1.807) is 12.4 Å². The summed E-state index contributed by atoms with van der Waals surface area (Å²) < 4.78 is 0. The van der Waals surface area contributed by atoms with Crippen molar-refractivity contribution in [2.24, 2.45) is 0 Å². The van der Waals surface area contributed by atoms with Crippen LogP contribution in [0.25, 0.3) is 11.4 Å². The van der Waals surface area contributed by atoms with E-state index in [1.165, 1.54) is 11.3 Å². The molecule has 0 saturated carbocycles. The number of nitrogens with one attached hydrogen (secondary N) is 2. The van der Waals surface area contributed by atoms with Crippen LogP contribution in [0.3, 0.4) is 0 Å². The van der Waals surface area contributed by atoms with Crippen molar-refractivity contribution in [2.45, 2.75) is 44.6 Å². The summed E-state index contributed by atoms with van der Waals surface area (Å²) in [5.41, 5.74) is 4.23. The number of aryl methyl sites for hydroxylation is 1. The Hall–Kier alpha value is -3.48. The van der Waals surface area contributed by atoms with E-state index < -0.39 is 0 Å². The van der Waals surface area contributed by atoms with Crippen LogP contribution in [0.2, 0.25) is 0 Å². The summed E-state index contributed by atoms with van der Waals surface area (Å²) in [6.45, 7) is 1.54. The number of carbonyl (C=O) groups excluding carboxylic acids is 1. The quantitative estimate of drug-likeness (QED) is 0.636. The van der Waals surface area contributed by atoms with Crippen molar-refractivity contribution in [2.75, 3.05) is 23.3 Å². The van der Waals surface area contributed by atoms with Crippen molar-refractivity contribution in [1.29, 1.82) is 0 Å². The molecular weight excluding hydrogens is 400 g/mol. The van der Waals surface area contributed by atoms with Gasteiger partial charge in [-0.25, -0.2) is 14.8 Å². The standard InChI is InChI=1S/C25H28N6O/c32-25(28-19-7-2-1-3-8-19)27-17-20-9-4-5-16-31(20)24-21-10-6-11-22(21)29-23(30-24)18-12-14-26-15-13-18/h1-3,7-8,12-15,20H,4-6,9-11,16-17H2,(H2,27,28,32). The van der Waals surface area contributed by atoms with Gasteiger partial charge >= 0.3 is 6.03 Å². The van der Waals surface area contributed by atoms with Gasteiger partial charge in [-0.05, 0) is 62.8 Å². The number of hydrogen-bond acceptors (Lipinski definition) is 5. The second kappa shape index (κ2) is 9.34. The average Bonchev–Trinajstić information content (AvgIpc) is 3.32. The van der Waals surface area contributed by atoms with E-state index in [9.17, 15) is 4.79 Å². The van der Waals surface area contributed by atoms with E-state index in [4.69, 9.17) is 9.97 Å². The highest BCUT2D eigenvalue weighted by Gasteiger charge is 2.29. The number of rotatable bonds is 5. The van der Waals surface area contributed by atoms with Gasteiger partial charge in [-0.1, -0.05) is 18.2 Å². The molecule has 2 aromatic heterocycles. The average molecular weight is 429 g/mol. The molecule has 0 radical (unpaired) electrons. The minimum Gasteiger partial charge on any atom is -0.352 e. The first-order valence-electron chi connectivity index (χ1n) is 11.4. The number of aromatic nitrogens is 3. The molecule has 164 valence electrons. The molecule has 0 bridgehead atoms. The Labute approximate surface area is 188 Å². The number of para-hydroxylation sites is 1. The first kappa shape index (κ1) is 20.4. The van der Waals surface area contributed by atoms with Crippen molar-refractivity contribution >= 4 is 17.5 Å². The first-order valence-corrected chi connectivity index (χ1v) is 11.4. The van der Waals surface area contributed by atoms with E-state index in [-0.39, 0.29) is 12.1 Å². The molecule has 1 aliphatic carbocycles. The molecule has 1 fully saturated rings. The fourth-order valence-corrected chi connectivity index (χ4v) is 4.68. The molecular formula is C25H28N6O. The summed E-state index contributed by atoms with van der Waals surface area (Å²) in [6.07, 6.45) is 10.0. The Balaban J connectivity index is 1.36. The van der Waals surface area contributed by atoms with E-state index >= 15 is 0 Å². The zero-order chi connectivity index (χ0) is 21.8. The molecule has 1 saturated heterocycles. The lowest BCUT2D eigenvalue weighted by atomic mass is 10.0. The van der Waals surface area contributed by atoms with E-state index in [0.717, 1.165) is 68.0 Å². The highest BCUT2D eigenvalue weighted by Crippen LogP contribution is 2.34. The molecule has 5 rings (SSSR count). The molecule has 0 spiro atoms. The summed E-state index contributed by atoms with van der Waals surface area (Å²) >= 11 is 0. The third kappa shape index (κ3) is 4.42. The van der Waals surface area contributed by atoms with Gasteiger partial charge in [0, 0.05) is 54.0 Å². The Kier molecular flexibility index (Phi) is 5.96. The number of pyridine rings is 1. The van der Waals surface area contributed by atoms with Crippen LogP contribution in [0.5, 0.6) is 0 Å². The molecule has 2 aliphatic rings. The number of fused-ring (bicyclic) bond motifs is 1. The van der Waals surface area contributed by atoms with Crippen molar-refractivity contribution < 1.29 is 4.79 Å². The first-order chi connectivity index (χ1) is 15.8. The highest BCUT2D eigenvalue weighted by atomic mass is 16.2. The van der Waals surface area contributed by atoms with E-state index in [2.05, 4.69) is 20.5 Å². The Bertz CT molecular complexity index is 1070. The molecule has 2 amide bonds. The second-order valence-corrected chi connectivity index (χ2v) is 8.43. The minimum absolute atomic E-state index is 0.174. The van der Waals surface area contributed by atoms with Crippen LogP contribution >= 0.6 is 0 Å². The Morgan fingerprint density at radius 2 is 1.84 bits per heavy atom. The number of carbonyl (C=O) groups is 1. The van der Waals surface area contributed by atoms with Gasteiger partial charge in [0.15, 0.2) is 5.82 Å². The molecule has 7 nitrogen and oxygen atoms in total. The van der Waals surface area contributed by atoms with Gasteiger partial charge in [0.05, 0.1) is 0 Å². The number of nitrogens with zero attached hydrogens (tertiary/aromatic N) is 4. The summed E-state index contributed by atoms with van der Waals surface area (Å²) in [5.74, 6) is 1.82. The summed E-state index contributed by atoms with van der Waals surface area (Å²) in [4.78, 5) is 28.9. The minimum atomic E-state index is -0.174. The van der Waals surface area contributed by atoms with Crippen LogP contribution in [-0.2, 0) is 12.8 Å². The number of anilines is 2. The summed E-state index contributed by atoms with van der Waals surface area (Å²) in [5, 5.41) is 5.98. The fraction of sp³-hybridized carbons (Fsp3) is 0.360. The zero-order valence-corrected chi connectivity index (χ0v) is 18.1. The molecule has 3 aromatic rings. The lowest BCUT2D eigenvalue weighted by Gasteiger charge is -2.38. The predicted octanol–water partition coefficient (Wildman–Crippen LogP) is 4.21. The van der Waals surface area contributed by atoms with Gasteiger partial charge in [-0.15, -0.1) is 0 Å². The smallest absolute Gasteiger partial charge is 0.319 e. The topological polar surface area (TPSA) is 83.0 Å². The lowest BCUT2D eigenvalue weighted by molar-refractivity contribution is 0.250. The lowest BCUT2D eigenvalue weighted by Crippen LogP contribution is -2.48. The molecule has 1 aliphatic heterocycles. The SMILES string of the molecule is O=C(NCC1CCCCN1c1nc(-c2ccncc2)nc2c1CCC2)Nc1ccccc1. The zero-order valence-electron chi connectivity index (χ0n) is 18.1. The van der Waals surface area contributed by atoms with Crippen LogP contribution in [0.15, 0.2) is 54.9 Å². The molecule has 1 atom stereocenters.